The number of benzene rings is 1. The predicted octanol–water partition coefficient (Wildman–Crippen LogP) is 3.74. The predicted molar refractivity (Wildman–Crippen MR) is 93.1 cm³/mol. The third-order valence-electron chi connectivity index (χ3n) is 3.96. The molecule has 0 atom stereocenters. The second-order valence-corrected chi connectivity index (χ2v) is 5.68. The first-order chi connectivity index (χ1) is 11.2. The zero-order valence-electron chi connectivity index (χ0n) is 14.4. The average Bonchev–Trinajstić information content (AvgIpc) is 2.56. The molecule has 0 aliphatic rings. The molecule has 0 fully saturated rings. The molecule has 0 aliphatic carbocycles. The highest BCUT2D eigenvalue weighted by Gasteiger charge is 2.07. The summed E-state index contributed by atoms with van der Waals surface area (Å²) in [6.45, 7) is 5.78. The first kappa shape index (κ1) is 19.3. The molecule has 130 valence electrons. The summed E-state index contributed by atoms with van der Waals surface area (Å²) in [4.78, 5) is 12.7. The fourth-order valence-corrected chi connectivity index (χ4v) is 2.61. The molecule has 0 aliphatic heterocycles. The Morgan fingerprint density at radius 1 is 1.17 bits per heavy atom. The number of amides is 1. The van der Waals surface area contributed by atoms with Crippen molar-refractivity contribution in [2.24, 2.45) is 0 Å². The third-order valence-corrected chi connectivity index (χ3v) is 3.96. The van der Waals surface area contributed by atoms with Gasteiger partial charge in [-0.3, -0.25) is 4.90 Å². The summed E-state index contributed by atoms with van der Waals surface area (Å²) in [6, 6.07) is 8.18. The SMILES string of the molecule is CCN(CCCCCCCNC(=O)O)Cc1ccccc1OC. The van der Waals surface area contributed by atoms with Gasteiger partial charge < -0.3 is 15.2 Å². The molecule has 1 aromatic rings. The second-order valence-electron chi connectivity index (χ2n) is 5.68. The summed E-state index contributed by atoms with van der Waals surface area (Å²) < 4.78 is 5.41. The molecule has 0 saturated carbocycles. The minimum atomic E-state index is -0.931. The molecule has 0 saturated heterocycles. The highest BCUT2D eigenvalue weighted by atomic mass is 16.5. The standard InChI is InChI=1S/C18H30N2O3/c1-3-20(15-16-11-7-8-12-17(16)23-2)14-10-6-4-5-9-13-19-18(21)22/h7-8,11-12,19H,3-6,9-10,13-15H2,1-2H3,(H,21,22). The molecule has 0 bridgehead atoms. The maximum absolute atomic E-state index is 10.3. The van der Waals surface area contributed by atoms with Crippen LogP contribution in [0.5, 0.6) is 5.75 Å². The highest BCUT2D eigenvalue weighted by Crippen LogP contribution is 2.19. The lowest BCUT2D eigenvalue weighted by atomic mass is 10.1. The van der Waals surface area contributed by atoms with Gasteiger partial charge in [0, 0.05) is 18.7 Å². The Hall–Kier alpha value is -1.75. The zero-order valence-corrected chi connectivity index (χ0v) is 14.4. The summed E-state index contributed by atoms with van der Waals surface area (Å²) in [5.41, 5.74) is 1.23. The molecule has 5 heteroatoms. The first-order valence-corrected chi connectivity index (χ1v) is 8.48. The Morgan fingerprint density at radius 3 is 2.57 bits per heavy atom. The van der Waals surface area contributed by atoms with Crippen LogP contribution in [0.3, 0.4) is 0 Å². The number of nitrogens with one attached hydrogen (secondary N) is 1. The lowest BCUT2D eigenvalue weighted by molar-refractivity contribution is 0.194. The number of ether oxygens (including phenoxy) is 1. The van der Waals surface area contributed by atoms with Gasteiger partial charge in [0.05, 0.1) is 7.11 Å². The smallest absolute Gasteiger partial charge is 0.404 e. The molecule has 0 spiro atoms. The van der Waals surface area contributed by atoms with Crippen LogP contribution in [0.15, 0.2) is 24.3 Å². The van der Waals surface area contributed by atoms with Crippen LogP contribution in [0.4, 0.5) is 4.79 Å². The first-order valence-electron chi connectivity index (χ1n) is 8.48. The molecule has 1 amide bonds. The Morgan fingerprint density at radius 2 is 1.87 bits per heavy atom. The molecular weight excluding hydrogens is 292 g/mol. The topological polar surface area (TPSA) is 61.8 Å². The Kier molecular flexibility index (Phi) is 9.87. The van der Waals surface area contributed by atoms with Gasteiger partial charge in [0.2, 0.25) is 0 Å². The number of carboxylic acid groups (broad SMARTS) is 1. The van der Waals surface area contributed by atoms with Crippen molar-refractivity contribution >= 4 is 6.09 Å². The number of para-hydroxylation sites is 1. The zero-order chi connectivity index (χ0) is 16.9. The molecule has 23 heavy (non-hydrogen) atoms. The van der Waals surface area contributed by atoms with Gasteiger partial charge in [0.25, 0.3) is 0 Å². The summed E-state index contributed by atoms with van der Waals surface area (Å²) in [6.07, 6.45) is 4.60. The number of rotatable bonds is 12. The van der Waals surface area contributed by atoms with Gasteiger partial charge in [-0.05, 0) is 32.0 Å². The van der Waals surface area contributed by atoms with E-state index in [0.29, 0.717) is 6.54 Å². The summed E-state index contributed by atoms with van der Waals surface area (Å²) in [7, 11) is 1.72. The van der Waals surface area contributed by atoms with Crippen LogP contribution < -0.4 is 10.1 Å². The van der Waals surface area contributed by atoms with Crippen molar-refractivity contribution in [1.29, 1.82) is 0 Å². The van der Waals surface area contributed by atoms with Crippen LogP contribution in [-0.2, 0) is 6.54 Å². The van der Waals surface area contributed by atoms with Gasteiger partial charge in [0.1, 0.15) is 5.75 Å². The molecule has 5 nitrogen and oxygen atoms in total. The number of unbranched alkanes of at least 4 members (excludes halogenated alkanes) is 4. The van der Waals surface area contributed by atoms with E-state index in [9.17, 15) is 4.79 Å². The normalized spacial score (nSPS) is 10.7. The molecule has 2 N–H and O–H groups in total. The van der Waals surface area contributed by atoms with Crippen molar-refractivity contribution in [1.82, 2.24) is 10.2 Å². The van der Waals surface area contributed by atoms with Crippen molar-refractivity contribution in [3.63, 3.8) is 0 Å². The number of methoxy groups -OCH3 is 1. The molecular formula is C18H30N2O3. The van der Waals surface area contributed by atoms with Crippen molar-refractivity contribution in [2.75, 3.05) is 26.7 Å². The van der Waals surface area contributed by atoms with Crippen LogP contribution >= 0.6 is 0 Å². The van der Waals surface area contributed by atoms with Gasteiger partial charge in [-0.1, -0.05) is 44.4 Å². The molecule has 0 radical (unpaired) electrons. The van der Waals surface area contributed by atoms with E-state index in [1.807, 2.05) is 12.1 Å². The summed E-state index contributed by atoms with van der Waals surface area (Å²) >= 11 is 0. The van der Waals surface area contributed by atoms with E-state index in [4.69, 9.17) is 9.84 Å². The number of hydrogen-bond donors (Lipinski definition) is 2. The van der Waals surface area contributed by atoms with Gasteiger partial charge in [-0.2, -0.15) is 0 Å². The van der Waals surface area contributed by atoms with Gasteiger partial charge in [0.15, 0.2) is 0 Å². The van der Waals surface area contributed by atoms with E-state index in [1.165, 1.54) is 18.4 Å². The molecule has 0 aromatic heterocycles. The summed E-state index contributed by atoms with van der Waals surface area (Å²) in [5.74, 6) is 0.955. The average molecular weight is 322 g/mol. The third kappa shape index (κ3) is 8.45. The van der Waals surface area contributed by atoms with E-state index >= 15 is 0 Å². The lowest BCUT2D eigenvalue weighted by Gasteiger charge is -2.21. The number of hydrogen-bond acceptors (Lipinski definition) is 3. The monoisotopic (exact) mass is 322 g/mol. The van der Waals surface area contributed by atoms with E-state index < -0.39 is 6.09 Å². The highest BCUT2D eigenvalue weighted by molar-refractivity contribution is 5.64. The van der Waals surface area contributed by atoms with Crippen molar-refractivity contribution in [3.8, 4) is 5.75 Å². The maximum atomic E-state index is 10.3. The Bertz CT molecular complexity index is 452. The maximum Gasteiger partial charge on any atom is 0.404 e. The number of nitrogens with zero attached hydrogens (tertiary/aromatic N) is 1. The van der Waals surface area contributed by atoms with Crippen molar-refractivity contribution in [2.45, 2.75) is 45.6 Å². The van der Waals surface area contributed by atoms with Crippen LogP contribution in [0.2, 0.25) is 0 Å². The molecule has 1 rings (SSSR count). The van der Waals surface area contributed by atoms with Gasteiger partial charge >= 0.3 is 6.09 Å². The van der Waals surface area contributed by atoms with E-state index in [1.54, 1.807) is 7.11 Å². The molecule has 1 aromatic carbocycles. The van der Waals surface area contributed by atoms with Crippen molar-refractivity contribution < 1.29 is 14.6 Å². The lowest BCUT2D eigenvalue weighted by Crippen LogP contribution is -2.24. The van der Waals surface area contributed by atoms with E-state index in [-0.39, 0.29) is 0 Å². The minimum absolute atomic E-state index is 0.560. The molecule has 0 heterocycles. The van der Waals surface area contributed by atoms with Crippen LogP contribution in [0.1, 0.15) is 44.6 Å². The Balaban J connectivity index is 2.18. The Labute approximate surface area is 139 Å². The number of carbonyl (C=O) groups is 1. The van der Waals surface area contributed by atoms with Gasteiger partial charge in [-0.25, -0.2) is 4.79 Å². The van der Waals surface area contributed by atoms with Crippen LogP contribution in [-0.4, -0.2) is 42.8 Å². The quantitative estimate of drug-likeness (QED) is 0.576. The van der Waals surface area contributed by atoms with E-state index in [0.717, 1.165) is 44.6 Å². The fourth-order valence-electron chi connectivity index (χ4n) is 2.61. The van der Waals surface area contributed by atoms with Gasteiger partial charge in [-0.15, -0.1) is 0 Å². The minimum Gasteiger partial charge on any atom is -0.496 e. The molecule has 0 unspecified atom stereocenters. The fraction of sp³-hybridized carbons (Fsp3) is 0.611. The van der Waals surface area contributed by atoms with E-state index in [2.05, 4.69) is 29.3 Å². The van der Waals surface area contributed by atoms with Crippen molar-refractivity contribution in [3.05, 3.63) is 29.8 Å². The largest absolute Gasteiger partial charge is 0.496 e. The van der Waals surface area contributed by atoms with Crippen LogP contribution in [0, 0.1) is 0 Å². The second kappa shape index (κ2) is 11.8. The van der Waals surface area contributed by atoms with Crippen LogP contribution in [0.25, 0.3) is 0 Å². The summed E-state index contributed by atoms with van der Waals surface area (Å²) in [5, 5.41) is 10.9.